The molecular weight excluding hydrogens is 231 g/mol. The lowest BCUT2D eigenvalue weighted by Gasteiger charge is -2.06. The predicted molar refractivity (Wildman–Crippen MR) is 69.9 cm³/mol. The number of anilines is 2. The summed E-state index contributed by atoms with van der Waals surface area (Å²) in [6.45, 7) is 1.94. The minimum Gasteiger partial charge on any atom is -0.399 e. The average Bonchev–Trinajstić information content (AvgIpc) is 2.28. The average molecular weight is 244 g/mol. The van der Waals surface area contributed by atoms with Gasteiger partial charge in [-0.05, 0) is 37.3 Å². The van der Waals surface area contributed by atoms with Crippen molar-refractivity contribution in [3.05, 3.63) is 59.4 Å². The maximum Gasteiger partial charge on any atom is 0.255 e. The highest BCUT2D eigenvalue weighted by atomic mass is 19.1. The Bertz CT molecular complexity index is 559. The number of hydrogen-bond donors (Lipinski definition) is 2. The van der Waals surface area contributed by atoms with E-state index in [1.54, 1.807) is 12.1 Å². The van der Waals surface area contributed by atoms with Gasteiger partial charge in [0.1, 0.15) is 5.82 Å². The number of nitrogens with one attached hydrogen (secondary N) is 1. The van der Waals surface area contributed by atoms with E-state index >= 15 is 0 Å². The van der Waals surface area contributed by atoms with E-state index in [2.05, 4.69) is 5.32 Å². The molecule has 1 amide bonds. The van der Waals surface area contributed by atoms with Gasteiger partial charge in [0, 0.05) is 16.9 Å². The first-order chi connectivity index (χ1) is 8.54. The SMILES string of the molecule is Cc1ccc(C(=O)Nc2cc(N)cc(F)c2)cc1. The highest BCUT2D eigenvalue weighted by molar-refractivity contribution is 6.04. The molecule has 18 heavy (non-hydrogen) atoms. The summed E-state index contributed by atoms with van der Waals surface area (Å²) in [6.07, 6.45) is 0. The number of halogens is 1. The second kappa shape index (κ2) is 4.87. The molecule has 0 unspecified atom stereocenters. The van der Waals surface area contributed by atoms with Crippen molar-refractivity contribution in [2.24, 2.45) is 0 Å². The molecule has 0 aromatic heterocycles. The summed E-state index contributed by atoms with van der Waals surface area (Å²) in [5, 5.41) is 2.60. The lowest BCUT2D eigenvalue weighted by molar-refractivity contribution is 0.102. The molecule has 0 heterocycles. The van der Waals surface area contributed by atoms with Gasteiger partial charge in [0.15, 0.2) is 0 Å². The van der Waals surface area contributed by atoms with Crippen LogP contribution in [0.4, 0.5) is 15.8 Å². The summed E-state index contributed by atoms with van der Waals surface area (Å²) >= 11 is 0. The molecule has 0 aliphatic carbocycles. The van der Waals surface area contributed by atoms with Crippen LogP contribution in [-0.2, 0) is 0 Å². The summed E-state index contributed by atoms with van der Waals surface area (Å²) in [5.74, 6) is -0.769. The van der Waals surface area contributed by atoms with Crippen molar-refractivity contribution in [1.82, 2.24) is 0 Å². The third-order valence-corrected chi connectivity index (χ3v) is 2.49. The molecule has 0 bridgehead atoms. The Morgan fingerprint density at radius 3 is 2.44 bits per heavy atom. The van der Waals surface area contributed by atoms with Crippen molar-refractivity contribution >= 4 is 17.3 Å². The molecule has 2 aromatic carbocycles. The van der Waals surface area contributed by atoms with Gasteiger partial charge in [0.2, 0.25) is 0 Å². The van der Waals surface area contributed by atoms with Crippen molar-refractivity contribution in [2.45, 2.75) is 6.92 Å². The number of nitrogen functional groups attached to an aromatic ring is 1. The van der Waals surface area contributed by atoms with E-state index in [-0.39, 0.29) is 11.6 Å². The standard InChI is InChI=1S/C14H13FN2O/c1-9-2-4-10(5-3-9)14(18)17-13-7-11(15)6-12(16)8-13/h2-8H,16H2,1H3,(H,17,18). The smallest absolute Gasteiger partial charge is 0.255 e. The van der Waals surface area contributed by atoms with Crippen LogP contribution >= 0.6 is 0 Å². The third-order valence-electron chi connectivity index (χ3n) is 2.49. The van der Waals surface area contributed by atoms with Crippen LogP contribution in [0, 0.1) is 12.7 Å². The molecule has 0 saturated carbocycles. The Balaban J connectivity index is 2.18. The zero-order valence-corrected chi connectivity index (χ0v) is 9.91. The molecule has 3 nitrogen and oxygen atoms in total. The fraction of sp³-hybridized carbons (Fsp3) is 0.0714. The third kappa shape index (κ3) is 2.85. The van der Waals surface area contributed by atoms with Crippen LogP contribution in [0.15, 0.2) is 42.5 Å². The number of benzene rings is 2. The first-order valence-electron chi connectivity index (χ1n) is 5.49. The van der Waals surface area contributed by atoms with Crippen LogP contribution in [0.5, 0.6) is 0 Å². The summed E-state index contributed by atoms with van der Waals surface area (Å²) in [7, 11) is 0. The van der Waals surface area contributed by atoms with Gasteiger partial charge >= 0.3 is 0 Å². The molecule has 0 fully saturated rings. The number of carbonyl (C=O) groups excluding carboxylic acids is 1. The second-order valence-electron chi connectivity index (χ2n) is 4.09. The van der Waals surface area contributed by atoms with E-state index in [1.165, 1.54) is 18.2 Å². The van der Waals surface area contributed by atoms with Gasteiger partial charge in [-0.2, -0.15) is 0 Å². The summed E-state index contributed by atoms with van der Waals surface area (Å²) in [5.41, 5.74) is 7.71. The molecule has 0 atom stereocenters. The number of carbonyl (C=O) groups is 1. The van der Waals surface area contributed by atoms with Crippen molar-refractivity contribution in [3.63, 3.8) is 0 Å². The molecule has 2 aromatic rings. The summed E-state index contributed by atoms with van der Waals surface area (Å²) < 4.78 is 13.1. The Kier molecular flexibility index (Phi) is 3.28. The lowest BCUT2D eigenvalue weighted by Crippen LogP contribution is -2.12. The van der Waals surface area contributed by atoms with E-state index < -0.39 is 5.82 Å². The number of hydrogen-bond acceptors (Lipinski definition) is 2. The van der Waals surface area contributed by atoms with E-state index in [4.69, 9.17) is 5.73 Å². The molecule has 0 radical (unpaired) electrons. The minimum atomic E-state index is -0.478. The minimum absolute atomic E-state index is 0.272. The van der Waals surface area contributed by atoms with Gasteiger partial charge in [-0.1, -0.05) is 17.7 Å². The van der Waals surface area contributed by atoms with Gasteiger partial charge in [0.25, 0.3) is 5.91 Å². The van der Waals surface area contributed by atoms with Crippen LogP contribution in [0.1, 0.15) is 15.9 Å². The van der Waals surface area contributed by atoms with E-state index in [0.29, 0.717) is 11.3 Å². The summed E-state index contributed by atoms with van der Waals surface area (Å²) in [6, 6.07) is 11.0. The lowest BCUT2D eigenvalue weighted by atomic mass is 10.1. The maximum atomic E-state index is 13.1. The summed E-state index contributed by atoms with van der Waals surface area (Å²) in [4.78, 5) is 11.9. The van der Waals surface area contributed by atoms with E-state index in [1.807, 2.05) is 19.1 Å². The Morgan fingerprint density at radius 2 is 1.83 bits per heavy atom. The molecule has 0 aliphatic heterocycles. The first-order valence-corrected chi connectivity index (χ1v) is 5.49. The van der Waals surface area contributed by atoms with Crippen molar-refractivity contribution in [2.75, 3.05) is 11.1 Å². The van der Waals surface area contributed by atoms with Gasteiger partial charge in [-0.15, -0.1) is 0 Å². The van der Waals surface area contributed by atoms with E-state index in [0.717, 1.165) is 5.56 Å². The van der Waals surface area contributed by atoms with Crippen LogP contribution < -0.4 is 11.1 Å². The van der Waals surface area contributed by atoms with Crippen LogP contribution in [0.3, 0.4) is 0 Å². The number of rotatable bonds is 2. The zero-order chi connectivity index (χ0) is 13.1. The van der Waals surface area contributed by atoms with Crippen LogP contribution in [-0.4, -0.2) is 5.91 Å². The molecule has 3 N–H and O–H groups in total. The van der Waals surface area contributed by atoms with E-state index in [9.17, 15) is 9.18 Å². The number of nitrogens with two attached hydrogens (primary N) is 1. The quantitative estimate of drug-likeness (QED) is 0.798. The molecule has 92 valence electrons. The highest BCUT2D eigenvalue weighted by Crippen LogP contribution is 2.16. The highest BCUT2D eigenvalue weighted by Gasteiger charge is 2.06. The molecule has 0 saturated heterocycles. The predicted octanol–water partition coefficient (Wildman–Crippen LogP) is 2.97. The second-order valence-corrected chi connectivity index (χ2v) is 4.09. The van der Waals surface area contributed by atoms with Crippen LogP contribution in [0.2, 0.25) is 0 Å². The largest absolute Gasteiger partial charge is 0.399 e. The first kappa shape index (κ1) is 12.1. The number of aryl methyl sites for hydroxylation is 1. The molecule has 4 heteroatoms. The fourth-order valence-corrected chi connectivity index (χ4v) is 1.59. The Hall–Kier alpha value is -2.36. The monoisotopic (exact) mass is 244 g/mol. The molecular formula is C14H13FN2O. The Labute approximate surface area is 104 Å². The number of amides is 1. The van der Waals surface area contributed by atoms with Crippen molar-refractivity contribution < 1.29 is 9.18 Å². The van der Waals surface area contributed by atoms with Gasteiger partial charge in [-0.25, -0.2) is 4.39 Å². The Morgan fingerprint density at radius 1 is 1.17 bits per heavy atom. The molecule has 2 rings (SSSR count). The fourth-order valence-electron chi connectivity index (χ4n) is 1.59. The molecule has 0 spiro atoms. The van der Waals surface area contributed by atoms with Crippen LogP contribution in [0.25, 0.3) is 0 Å². The van der Waals surface area contributed by atoms with Gasteiger partial charge < -0.3 is 11.1 Å². The molecule has 0 aliphatic rings. The normalized spacial score (nSPS) is 10.1. The maximum absolute atomic E-state index is 13.1. The topological polar surface area (TPSA) is 55.1 Å². The van der Waals surface area contributed by atoms with Crippen molar-refractivity contribution in [3.8, 4) is 0 Å². The van der Waals surface area contributed by atoms with Crippen molar-refractivity contribution in [1.29, 1.82) is 0 Å². The van der Waals surface area contributed by atoms with Gasteiger partial charge in [0.05, 0.1) is 0 Å². The van der Waals surface area contributed by atoms with Gasteiger partial charge in [-0.3, -0.25) is 4.79 Å². The zero-order valence-electron chi connectivity index (χ0n) is 9.91.